The minimum atomic E-state index is -3.38. The van der Waals surface area contributed by atoms with Crippen LogP contribution < -0.4 is 9.04 Å². The Morgan fingerprint density at radius 3 is 2.83 bits per heavy atom. The zero-order valence-corrected chi connectivity index (χ0v) is 18.8. The van der Waals surface area contributed by atoms with Crippen molar-refractivity contribution in [2.75, 3.05) is 37.7 Å². The summed E-state index contributed by atoms with van der Waals surface area (Å²) in [4.78, 5) is 4.90. The number of aryl methyl sites for hydroxylation is 1. The van der Waals surface area contributed by atoms with Crippen LogP contribution >= 0.6 is 11.3 Å². The van der Waals surface area contributed by atoms with Gasteiger partial charge in [-0.15, -0.1) is 0 Å². The van der Waals surface area contributed by atoms with Crippen molar-refractivity contribution in [3.63, 3.8) is 0 Å². The van der Waals surface area contributed by atoms with Crippen LogP contribution in [0, 0.1) is 0 Å². The summed E-state index contributed by atoms with van der Waals surface area (Å²) >= 11 is 1.51. The Labute approximate surface area is 182 Å². The van der Waals surface area contributed by atoms with Gasteiger partial charge in [-0.05, 0) is 67.3 Å². The number of hydrogen-bond donors (Lipinski definition) is 0. The number of rotatable bonds is 9. The van der Waals surface area contributed by atoms with E-state index in [1.165, 1.54) is 21.2 Å². The third-order valence-electron chi connectivity index (χ3n) is 5.49. The summed E-state index contributed by atoms with van der Waals surface area (Å²) in [6.45, 7) is 2.27. The maximum absolute atomic E-state index is 12.7. The summed E-state index contributed by atoms with van der Waals surface area (Å²) in [6, 6.07) is 7.97. The van der Waals surface area contributed by atoms with E-state index in [0.717, 1.165) is 54.8 Å². The van der Waals surface area contributed by atoms with E-state index in [9.17, 15) is 8.42 Å². The molecule has 4 rings (SSSR count). The van der Waals surface area contributed by atoms with E-state index in [4.69, 9.17) is 9.57 Å². The van der Waals surface area contributed by atoms with E-state index in [2.05, 4.69) is 11.2 Å². The van der Waals surface area contributed by atoms with Crippen molar-refractivity contribution in [3.05, 3.63) is 46.2 Å². The maximum atomic E-state index is 12.7. The Morgan fingerprint density at radius 2 is 2.03 bits per heavy atom. The molecule has 0 N–H and O–H groups in total. The molecule has 2 heterocycles. The molecule has 7 nitrogen and oxygen atoms in total. The SMILES string of the molecule is CO/N=C1\CCc2cc(OCCCCCN3CCN(c4ccsc4)S3(=O)=O)ccc21. The predicted octanol–water partition coefficient (Wildman–Crippen LogP) is 3.66. The predicted molar refractivity (Wildman–Crippen MR) is 120 cm³/mol. The Hall–Kier alpha value is -2.10. The molecule has 2 aromatic rings. The zero-order chi connectivity index (χ0) is 21.0. The first-order valence-corrected chi connectivity index (χ1v) is 12.6. The van der Waals surface area contributed by atoms with Gasteiger partial charge in [-0.2, -0.15) is 24.1 Å². The third-order valence-corrected chi connectivity index (χ3v) is 8.13. The Morgan fingerprint density at radius 1 is 1.13 bits per heavy atom. The first kappa shape index (κ1) is 21.1. The number of benzene rings is 1. The largest absolute Gasteiger partial charge is 0.494 e. The third kappa shape index (κ3) is 4.48. The summed E-state index contributed by atoms with van der Waals surface area (Å²) in [5.41, 5.74) is 4.16. The first-order valence-electron chi connectivity index (χ1n) is 10.3. The number of nitrogens with zero attached hydrogens (tertiary/aromatic N) is 3. The van der Waals surface area contributed by atoms with Gasteiger partial charge in [-0.3, -0.25) is 4.31 Å². The number of oxime groups is 1. The van der Waals surface area contributed by atoms with Crippen molar-refractivity contribution in [3.8, 4) is 5.75 Å². The fourth-order valence-electron chi connectivity index (χ4n) is 3.96. The highest BCUT2D eigenvalue weighted by Crippen LogP contribution is 2.28. The van der Waals surface area contributed by atoms with E-state index in [1.54, 1.807) is 11.4 Å². The first-order chi connectivity index (χ1) is 14.6. The van der Waals surface area contributed by atoms with Gasteiger partial charge < -0.3 is 9.57 Å². The van der Waals surface area contributed by atoms with E-state index in [0.29, 0.717) is 26.2 Å². The normalized spacial score (nSPS) is 19.4. The minimum absolute atomic E-state index is 0.525. The van der Waals surface area contributed by atoms with Crippen LogP contribution in [-0.4, -0.2) is 51.8 Å². The average Bonchev–Trinajstić information content (AvgIpc) is 3.45. The molecule has 2 aliphatic rings. The fraction of sp³-hybridized carbons (Fsp3) is 0.476. The van der Waals surface area contributed by atoms with E-state index in [-0.39, 0.29) is 0 Å². The molecule has 162 valence electrons. The molecule has 0 atom stereocenters. The van der Waals surface area contributed by atoms with Crippen molar-refractivity contribution in [2.45, 2.75) is 32.1 Å². The molecule has 1 aliphatic carbocycles. The lowest BCUT2D eigenvalue weighted by molar-refractivity contribution is 0.213. The molecule has 0 amide bonds. The Bertz CT molecular complexity index is 990. The van der Waals surface area contributed by atoms with Crippen LogP contribution in [0.4, 0.5) is 5.69 Å². The standard InChI is InChI=1S/C21H27N3O4S2/c1-27-22-21-8-5-17-15-19(6-7-20(17)21)28-13-4-2-3-10-23-11-12-24(30(23,25)26)18-9-14-29-16-18/h6-7,9,14-16H,2-5,8,10-13H2,1H3/b22-21+. The molecule has 9 heteroatoms. The smallest absolute Gasteiger partial charge is 0.304 e. The summed E-state index contributed by atoms with van der Waals surface area (Å²) in [5.74, 6) is 0.876. The van der Waals surface area contributed by atoms with Gasteiger partial charge in [0.1, 0.15) is 12.9 Å². The van der Waals surface area contributed by atoms with Crippen LogP contribution in [0.2, 0.25) is 0 Å². The summed E-state index contributed by atoms with van der Waals surface area (Å²) < 4.78 is 34.3. The van der Waals surface area contributed by atoms with Crippen LogP contribution in [0.3, 0.4) is 0 Å². The van der Waals surface area contributed by atoms with Crippen molar-refractivity contribution < 1.29 is 18.0 Å². The number of ether oxygens (including phenoxy) is 1. The fourth-order valence-corrected chi connectivity index (χ4v) is 6.31. The quantitative estimate of drug-likeness (QED) is 0.433. The molecule has 0 radical (unpaired) electrons. The molecule has 0 bridgehead atoms. The molecule has 1 aliphatic heterocycles. The van der Waals surface area contributed by atoms with Gasteiger partial charge in [0.05, 0.1) is 18.0 Å². The van der Waals surface area contributed by atoms with Gasteiger partial charge in [0.25, 0.3) is 0 Å². The monoisotopic (exact) mass is 449 g/mol. The van der Waals surface area contributed by atoms with Gasteiger partial charge in [0.2, 0.25) is 0 Å². The van der Waals surface area contributed by atoms with Crippen LogP contribution in [0.25, 0.3) is 0 Å². The van der Waals surface area contributed by atoms with Crippen molar-refractivity contribution in [1.29, 1.82) is 0 Å². The second kappa shape index (κ2) is 9.36. The van der Waals surface area contributed by atoms with Crippen LogP contribution in [0.1, 0.15) is 36.8 Å². The molecule has 0 spiro atoms. The van der Waals surface area contributed by atoms with E-state index in [1.807, 2.05) is 29.0 Å². The van der Waals surface area contributed by atoms with Crippen molar-refractivity contribution in [1.82, 2.24) is 4.31 Å². The van der Waals surface area contributed by atoms with Crippen LogP contribution in [-0.2, 0) is 21.5 Å². The summed E-state index contributed by atoms with van der Waals surface area (Å²) in [7, 11) is -1.81. The molecule has 1 saturated heterocycles. The van der Waals surface area contributed by atoms with E-state index < -0.39 is 10.2 Å². The number of fused-ring (bicyclic) bond motifs is 1. The maximum Gasteiger partial charge on any atom is 0.304 e. The number of unbranched alkanes of at least 4 members (excludes halogenated alkanes) is 2. The highest BCUT2D eigenvalue weighted by molar-refractivity contribution is 7.90. The number of hydrogen-bond acceptors (Lipinski definition) is 6. The molecular weight excluding hydrogens is 422 g/mol. The van der Waals surface area contributed by atoms with Crippen molar-refractivity contribution in [2.24, 2.45) is 5.16 Å². The Kier molecular flexibility index (Phi) is 6.60. The highest BCUT2D eigenvalue weighted by atomic mass is 32.2. The molecular formula is C21H27N3O4S2. The second-order valence-electron chi connectivity index (χ2n) is 7.41. The second-order valence-corrected chi connectivity index (χ2v) is 10.0. The lowest BCUT2D eigenvalue weighted by Gasteiger charge is -2.18. The molecule has 0 saturated carbocycles. The lowest BCUT2D eigenvalue weighted by atomic mass is 10.1. The Balaban J connectivity index is 1.18. The average molecular weight is 450 g/mol. The van der Waals surface area contributed by atoms with Crippen LogP contribution in [0.15, 0.2) is 40.2 Å². The molecule has 0 unspecified atom stereocenters. The minimum Gasteiger partial charge on any atom is -0.494 e. The summed E-state index contributed by atoms with van der Waals surface area (Å²) in [5, 5.41) is 7.86. The molecule has 1 aromatic heterocycles. The summed E-state index contributed by atoms with van der Waals surface area (Å²) in [6.07, 6.45) is 4.52. The molecule has 30 heavy (non-hydrogen) atoms. The van der Waals surface area contributed by atoms with Gasteiger partial charge in [0, 0.05) is 30.6 Å². The zero-order valence-electron chi connectivity index (χ0n) is 17.1. The van der Waals surface area contributed by atoms with Crippen molar-refractivity contribution >= 4 is 32.9 Å². The highest BCUT2D eigenvalue weighted by Gasteiger charge is 2.36. The topological polar surface area (TPSA) is 71.4 Å². The molecule has 1 fully saturated rings. The number of thiophene rings is 1. The van der Waals surface area contributed by atoms with Gasteiger partial charge in [0.15, 0.2) is 0 Å². The van der Waals surface area contributed by atoms with Gasteiger partial charge in [-0.25, -0.2) is 0 Å². The number of anilines is 1. The van der Waals surface area contributed by atoms with Crippen LogP contribution in [0.5, 0.6) is 5.75 Å². The van der Waals surface area contributed by atoms with Gasteiger partial charge >= 0.3 is 10.2 Å². The molecule has 1 aromatic carbocycles. The lowest BCUT2D eigenvalue weighted by Crippen LogP contribution is -2.33. The van der Waals surface area contributed by atoms with Gasteiger partial charge in [-0.1, -0.05) is 5.16 Å². The van der Waals surface area contributed by atoms with E-state index >= 15 is 0 Å².